The van der Waals surface area contributed by atoms with Gasteiger partial charge in [0.2, 0.25) is 5.91 Å². The molecule has 2 atom stereocenters. The third-order valence-electron chi connectivity index (χ3n) is 5.05. The lowest BCUT2D eigenvalue weighted by Crippen LogP contribution is -2.70. The third kappa shape index (κ3) is 4.97. The number of piperazine rings is 1. The number of thiophene rings is 1. The lowest BCUT2D eigenvalue weighted by molar-refractivity contribution is -0.153. The number of hydrogen-bond acceptors (Lipinski definition) is 9. The number of amides is 6. The van der Waals surface area contributed by atoms with Gasteiger partial charge in [-0.25, -0.2) is 4.79 Å². The van der Waals surface area contributed by atoms with E-state index in [2.05, 4.69) is 10.6 Å². The van der Waals surface area contributed by atoms with Crippen LogP contribution in [-0.4, -0.2) is 94.0 Å². The van der Waals surface area contributed by atoms with Crippen LogP contribution in [-0.2, 0) is 35.9 Å². The van der Waals surface area contributed by atoms with Crippen molar-refractivity contribution in [3.8, 4) is 0 Å². The van der Waals surface area contributed by atoms with Crippen molar-refractivity contribution in [1.82, 2.24) is 19.4 Å². The Hall–Kier alpha value is -2.69. The number of nitrogens with zero attached hydrogens (tertiary/aromatic N) is 3. The van der Waals surface area contributed by atoms with E-state index in [9.17, 15) is 32.4 Å². The van der Waals surface area contributed by atoms with Crippen LogP contribution in [0.5, 0.6) is 0 Å². The molecule has 2 aliphatic rings. The average Bonchev–Trinajstić information content (AvgIpc) is 3.16. The maximum absolute atomic E-state index is 12.5. The van der Waals surface area contributed by atoms with Gasteiger partial charge in [0.25, 0.3) is 5.91 Å². The summed E-state index contributed by atoms with van der Waals surface area (Å²) in [6.07, 6.45) is 1.29. The van der Waals surface area contributed by atoms with Crippen molar-refractivity contribution in [2.45, 2.75) is 24.8 Å². The standard InChI is InChI=1S/C17H21N5O8S3/c1-3-20-5-6-21(15(26)14(20)25)17(27)18-9-4-7-32-10(9)8-11(23)19-12-13(24)22(16(12)31-2)33(28,29)30/h4,7,12,16H,3,5-6,8H2,1-2H3,(H,18,27)(H,19,23)(H,28,29,30)/t12-,16+/m1/s1. The van der Waals surface area contributed by atoms with Gasteiger partial charge in [0.1, 0.15) is 11.4 Å². The largest absolute Gasteiger partial charge is 0.363 e. The van der Waals surface area contributed by atoms with Gasteiger partial charge < -0.3 is 15.5 Å². The van der Waals surface area contributed by atoms with Crippen LogP contribution in [0.1, 0.15) is 11.8 Å². The molecule has 2 aliphatic heterocycles. The second-order valence-corrected chi connectivity index (χ2v) is 10.2. The summed E-state index contributed by atoms with van der Waals surface area (Å²) in [5.74, 6) is -3.27. The highest BCUT2D eigenvalue weighted by Gasteiger charge is 2.53. The number of hydrogen-bond donors (Lipinski definition) is 3. The summed E-state index contributed by atoms with van der Waals surface area (Å²) in [4.78, 5) is 63.8. The summed E-state index contributed by atoms with van der Waals surface area (Å²) in [5.41, 5.74) is 0.263. The van der Waals surface area contributed by atoms with Crippen molar-refractivity contribution in [3.63, 3.8) is 0 Å². The molecule has 0 radical (unpaired) electrons. The lowest BCUT2D eigenvalue weighted by atomic mass is 10.1. The topological polar surface area (TPSA) is 173 Å². The summed E-state index contributed by atoms with van der Waals surface area (Å²) in [6.45, 7) is 2.34. The number of nitrogens with one attached hydrogen (secondary N) is 2. The number of imide groups is 1. The summed E-state index contributed by atoms with van der Waals surface area (Å²) >= 11 is 2.11. The van der Waals surface area contributed by atoms with Gasteiger partial charge in [0, 0.05) is 24.5 Å². The van der Waals surface area contributed by atoms with E-state index in [4.69, 9.17) is 4.55 Å². The van der Waals surface area contributed by atoms with E-state index in [1.165, 1.54) is 17.2 Å². The number of thioether (sulfide) groups is 1. The highest BCUT2D eigenvalue weighted by Crippen LogP contribution is 2.31. The Morgan fingerprint density at radius 1 is 1.24 bits per heavy atom. The molecule has 0 saturated carbocycles. The smallest absolute Gasteiger partial charge is 0.341 e. The zero-order chi connectivity index (χ0) is 24.5. The number of rotatable bonds is 7. The monoisotopic (exact) mass is 519 g/mol. The van der Waals surface area contributed by atoms with Crippen LogP contribution in [0, 0.1) is 0 Å². The van der Waals surface area contributed by atoms with E-state index in [0.717, 1.165) is 28.0 Å². The van der Waals surface area contributed by atoms with Crippen LogP contribution in [0.3, 0.4) is 0 Å². The summed E-state index contributed by atoms with van der Waals surface area (Å²) in [6, 6.07) is -0.408. The van der Waals surface area contributed by atoms with Gasteiger partial charge in [-0.15, -0.1) is 23.1 Å². The minimum absolute atomic E-state index is 0.0360. The molecule has 0 aromatic carbocycles. The summed E-state index contributed by atoms with van der Waals surface area (Å²) in [7, 11) is -4.73. The van der Waals surface area contributed by atoms with E-state index in [0.29, 0.717) is 11.4 Å². The fourth-order valence-corrected chi connectivity index (χ4v) is 6.25. The first kappa shape index (κ1) is 24.9. The van der Waals surface area contributed by atoms with Crippen molar-refractivity contribution in [2.24, 2.45) is 0 Å². The molecule has 2 saturated heterocycles. The summed E-state index contributed by atoms with van der Waals surface area (Å²) < 4.78 is 32.0. The van der Waals surface area contributed by atoms with Crippen molar-refractivity contribution < 1.29 is 36.9 Å². The minimum atomic E-state index is -4.73. The van der Waals surface area contributed by atoms with E-state index in [-0.39, 0.29) is 29.5 Å². The van der Waals surface area contributed by atoms with Gasteiger partial charge in [-0.1, -0.05) is 0 Å². The Morgan fingerprint density at radius 2 is 1.94 bits per heavy atom. The van der Waals surface area contributed by atoms with Crippen LogP contribution in [0.4, 0.5) is 10.5 Å². The van der Waals surface area contributed by atoms with E-state index in [1.807, 2.05) is 0 Å². The van der Waals surface area contributed by atoms with E-state index < -0.39 is 51.4 Å². The average molecular weight is 520 g/mol. The molecule has 1 aromatic heterocycles. The number of urea groups is 1. The Balaban J connectivity index is 1.61. The van der Waals surface area contributed by atoms with Crippen LogP contribution in [0.2, 0.25) is 0 Å². The van der Waals surface area contributed by atoms with E-state index in [1.54, 1.807) is 12.3 Å². The molecule has 16 heteroatoms. The molecule has 0 bridgehead atoms. The van der Waals surface area contributed by atoms with Gasteiger partial charge in [0.05, 0.1) is 12.1 Å². The predicted octanol–water partition coefficient (Wildman–Crippen LogP) is -0.668. The molecule has 1 aromatic rings. The summed E-state index contributed by atoms with van der Waals surface area (Å²) in [5, 5.41) is 5.58. The van der Waals surface area contributed by atoms with Gasteiger partial charge in [-0.2, -0.15) is 12.7 Å². The first-order valence-corrected chi connectivity index (χ1v) is 13.2. The zero-order valence-corrected chi connectivity index (χ0v) is 20.0. The molecule has 0 unspecified atom stereocenters. The maximum Gasteiger partial charge on any atom is 0.363 e. The van der Waals surface area contributed by atoms with Gasteiger partial charge in [-0.05, 0) is 24.6 Å². The molecule has 3 rings (SSSR count). The molecule has 3 heterocycles. The molecule has 180 valence electrons. The van der Waals surface area contributed by atoms with Crippen molar-refractivity contribution in [1.29, 1.82) is 0 Å². The zero-order valence-electron chi connectivity index (χ0n) is 17.5. The highest BCUT2D eigenvalue weighted by atomic mass is 32.2. The SMILES string of the molecule is CCN1CCN(C(=O)Nc2ccsc2CC(=O)N[C@@H]2C(=O)N(S(=O)(=O)O)[C@H]2SC)C(=O)C1=O. The molecule has 0 spiro atoms. The van der Waals surface area contributed by atoms with Crippen LogP contribution in [0.15, 0.2) is 11.4 Å². The first-order valence-electron chi connectivity index (χ1n) is 9.60. The van der Waals surface area contributed by atoms with Gasteiger partial charge >= 0.3 is 28.1 Å². The fourth-order valence-electron chi connectivity index (χ4n) is 3.36. The molecule has 0 aliphatic carbocycles. The second-order valence-electron chi connectivity index (χ2n) is 6.99. The van der Waals surface area contributed by atoms with Crippen molar-refractivity contribution in [3.05, 3.63) is 16.3 Å². The molecule has 6 amide bonds. The molecule has 13 nitrogen and oxygen atoms in total. The second kappa shape index (κ2) is 9.66. The highest BCUT2D eigenvalue weighted by molar-refractivity contribution is 8.00. The fraction of sp³-hybridized carbons (Fsp3) is 0.471. The molecule has 3 N–H and O–H groups in total. The number of β-lactam (4-membered cyclic amide) rings is 1. The first-order chi connectivity index (χ1) is 15.5. The van der Waals surface area contributed by atoms with Crippen LogP contribution >= 0.6 is 23.1 Å². The van der Waals surface area contributed by atoms with Crippen molar-refractivity contribution in [2.75, 3.05) is 31.2 Å². The van der Waals surface area contributed by atoms with E-state index >= 15 is 0 Å². The number of carbonyl (C=O) groups excluding carboxylic acids is 5. The van der Waals surface area contributed by atoms with Gasteiger partial charge in [0.15, 0.2) is 0 Å². The molecule has 2 fully saturated rings. The Bertz CT molecular complexity index is 1100. The van der Waals surface area contributed by atoms with Crippen LogP contribution in [0.25, 0.3) is 0 Å². The molecule has 33 heavy (non-hydrogen) atoms. The number of anilines is 1. The lowest BCUT2D eigenvalue weighted by Gasteiger charge is -2.43. The van der Waals surface area contributed by atoms with Gasteiger partial charge in [-0.3, -0.25) is 28.6 Å². The third-order valence-corrected chi connectivity index (χ3v) is 7.97. The predicted molar refractivity (Wildman–Crippen MR) is 119 cm³/mol. The quantitative estimate of drug-likeness (QED) is 0.240. The number of likely N-dealkylation sites (N-methyl/N-ethyl adjacent to an activating group) is 1. The Labute approximate surface area is 197 Å². The van der Waals surface area contributed by atoms with Crippen molar-refractivity contribution >= 4 is 68.8 Å². The van der Waals surface area contributed by atoms with Crippen LogP contribution < -0.4 is 10.6 Å². The Kier molecular flexibility index (Phi) is 7.30. The normalized spacial score (nSPS) is 21.2. The Morgan fingerprint density at radius 3 is 2.55 bits per heavy atom. The molecular formula is C17H21N5O8S3. The maximum atomic E-state index is 12.5. The minimum Gasteiger partial charge on any atom is -0.341 e. The number of carbonyl (C=O) groups is 5. The molecular weight excluding hydrogens is 498 g/mol.